The highest BCUT2D eigenvalue weighted by atomic mass is 35.5. The van der Waals surface area contributed by atoms with Gasteiger partial charge in [-0.25, -0.2) is 0 Å². The van der Waals surface area contributed by atoms with E-state index in [1.165, 1.54) is 7.11 Å². The molecule has 1 fully saturated rings. The number of nitrogens with zero attached hydrogens (tertiary/aromatic N) is 1. The van der Waals surface area contributed by atoms with Gasteiger partial charge in [0.2, 0.25) is 5.91 Å². The van der Waals surface area contributed by atoms with Crippen LogP contribution < -0.4 is 0 Å². The van der Waals surface area contributed by atoms with Crippen LogP contribution in [0.15, 0.2) is 24.3 Å². The number of rotatable bonds is 3. The van der Waals surface area contributed by atoms with Crippen LogP contribution in [0.2, 0.25) is 5.02 Å². The third kappa shape index (κ3) is 3.12. The number of amides is 1. The average molecular weight is 296 g/mol. The molecule has 20 heavy (non-hydrogen) atoms. The van der Waals surface area contributed by atoms with Gasteiger partial charge in [0.15, 0.2) is 0 Å². The van der Waals surface area contributed by atoms with E-state index in [1.807, 2.05) is 25.1 Å². The van der Waals surface area contributed by atoms with Crippen molar-refractivity contribution in [2.45, 2.75) is 13.3 Å². The number of halogens is 1. The lowest BCUT2D eigenvalue weighted by atomic mass is 9.99. The number of hydrogen-bond donors (Lipinski definition) is 0. The molecule has 2 unspecified atom stereocenters. The van der Waals surface area contributed by atoms with Crippen LogP contribution in [-0.4, -0.2) is 37.0 Å². The molecule has 0 spiro atoms. The van der Waals surface area contributed by atoms with Crippen molar-refractivity contribution < 1.29 is 14.3 Å². The Hall–Kier alpha value is -1.55. The maximum atomic E-state index is 12.3. The summed E-state index contributed by atoms with van der Waals surface area (Å²) in [5.41, 5.74) is 0.813. The monoisotopic (exact) mass is 295 g/mol. The smallest absolute Gasteiger partial charge is 0.310 e. The molecule has 1 amide bonds. The van der Waals surface area contributed by atoms with Crippen LogP contribution >= 0.6 is 11.6 Å². The summed E-state index contributed by atoms with van der Waals surface area (Å²) in [4.78, 5) is 25.6. The van der Waals surface area contributed by atoms with Gasteiger partial charge in [-0.05, 0) is 17.5 Å². The van der Waals surface area contributed by atoms with E-state index in [9.17, 15) is 9.59 Å². The summed E-state index contributed by atoms with van der Waals surface area (Å²) in [6, 6.07) is 7.31. The number of carbonyl (C=O) groups is 2. The number of esters is 1. The molecule has 1 aromatic carbocycles. The van der Waals surface area contributed by atoms with Gasteiger partial charge in [0.1, 0.15) is 0 Å². The van der Waals surface area contributed by atoms with E-state index < -0.39 is 0 Å². The third-order valence-corrected chi connectivity index (χ3v) is 4.14. The quantitative estimate of drug-likeness (QED) is 0.803. The topological polar surface area (TPSA) is 46.6 Å². The first-order chi connectivity index (χ1) is 9.52. The first kappa shape index (κ1) is 14.9. The highest BCUT2D eigenvalue weighted by molar-refractivity contribution is 6.31. The SMILES string of the molecule is COC(=O)C1CN(C(=O)Cc2ccccc2Cl)CC1C. The molecule has 0 aliphatic carbocycles. The molecule has 5 heteroatoms. The van der Waals surface area contributed by atoms with Crippen LogP contribution in [0.4, 0.5) is 0 Å². The second-order valence-corrected chi connectivity index (χ2v) is 5.58. The number of hydrogen-bond acceptors (Lipinski definition) is 3. The first-order valence-electron chi connectivity index (χ1n) is 6.62. The van der Waals surface area contributed by atoms with Gasteiger partial charge in [-0.2, -0.15) is 0 Å². The summed E-state index contributed by atoms with van der Waals surface area (Å²) in [6.07, 6.45) is 0.264. The highest BCUT2D eigenvalue weighted by Crippen LogP contribution is 2.25. The van der Waals surface area contributed by atoms with Crippen LogP contribution in [0.5, 0.6) is 0 Å². The van der Waals surface area contributed by atoms with E-state index in [2.05, 4.69) is 0 Å². The number of benzene rings is 1. The standard InChI is InChI=1S/C15H18ClNO3/c1-10-8-17(9-12(10)15(19)20-2)14(18)7-11-5-3-4-6-13(11)16/h3-6,10,12H,7-9H2,1-2H3. The lowest BCUT2D eigenvalue weighted by molar-refractivity contribution is -0.146. The summed E-state index contributed by atoms with van der Waals surface area (Å²) in [5.74, 6) is -0.352. The Kier molecular flexibility index (Phi) is 4.65. The maximum Gasteiger partial charge on any atom is 0.310 e. The van der Waals surface area contributed by atoms with Gasteiger partial charge in [-0.15, -0.1) is 0 Å². The summed E-state index contributed by atoms with van der Waals surface area (Å²) in [7, 11) is 1.38. The second kappa shape index (κ2) is 6.27. The average Bonchev–Trinajstić information content (AvgIpc) is 2.82. The van der Waals surface area contributed by atoms with Crippen molar-refractivity contribution in [1.82, 2.24) is 4.90 Å². The van der Waals surface area contributed by atoms with Crippen molar-refractivity contribution in [2.75, 3.05) is 20.2 Å². The predicted molar refractivity (Wildman–Crippen MR) is 76.4 cm³/mol. The maximum absolute atomic E-state index is 12.3. The van der Waals surface area contributed by atoms with Crippen molar-refractivity contribution in [1.29, 1.82) is 0 Å². The summed E-state index contributed by atoms with van der Waals surface area (Å²) < 4.78 is 4.77. The van der Waals surface area contributed by atoms with Crippen LogP contribution in [-0.2, 0) is 20.7 Å². The zero-order chi connectivity index (χ0) is 14.7. The minimum atomic E-state index is -0.245. The Morgan fingerprint density at radius 3 is 2.70 bits per heavy atom. The number of ether oxygens (including phenoxy) is 1. The Morgan fingerprint density at radius 2 is 2.05 bits per heavy atom. The van der Waals surface area contributed by atoms with E-state index >= 15 is 0 Å². The molecular formula is C15H18ClNO3. The van der Waals surface area contributed by atoms with Crippen LogP contribution in [0.1, 0.15) is 12.5 Å². The molecule has 4 nitrogen and oxygen atoms in total. The van der Waals surface area contributed by atoms with Crippen molar-refractivity contribution in [2.24, 2.45) is 11.8 Å². The van der Waals surface area contributed by atoms with Gasteiger partial charge in [0, 0.05) is 18.1 Å². The molecule has 0 aromatic heterocycles. The van der Waals surface area contributed by atoms with Gasteiger partial charge in [0.25, 0.3) is 0 Å². The number of methoxy groups -OCH3 is 1. The molecular weight excluding hydrogens is 278 g/mol. The molecule has 1 aromatic rings. The van der Waals surface area contributed by atoms with E-state index in [1.54, 1.807) is 11.0 Å². The second-order valence-electron chi connectivity index (χ2n) is 5.17. The van der Waals surface area contributed by atoms with Crippen molar-refractivity contribution in [3.63, 3.8) is 0 Å². The molecule has 0 N–H and O–H groups in total. The Bertz CT molecular complexity index is 518. The van der Waals surface area contributed by atoms with Gasteiger partial charge in [-0.1, -0.05) is 36.7 Å². The predicted octanol–water partition coefficient (Wildman–Crippen LogP) is 2.15. The molecule has 1 aliphatic heterocycles. The lowest BCUT2D eigenvalue weighted by Gasteiger charge is -2.16. The first-order valence-corrected chi connectivity index (χ1v) is 6.99. The summed E-state index contributed by atoms with van der Waals surface area (Å²) in [5, 5.41) is 0.595. The highest BCUT2D eigenvalue weighted by Gasteiger charge is 2.37. The number of carbonyl (C=O) groups excluding carboxylic acids is 2. The summed E-state index contributed by atoms with van der Waals surface area (Å²) in [6.45, 7) is 2.98. The molecule has 1 saturated heterocycles. The van der Waals surface area contributed by atoms with E-state index in [4.69, 9.17) is 16.3 Å². The fraction of sp³-hybridized carbons (Fsp3) is 0.467. The number of likely N-dealkylation sites (tertiary alicyclic amines) is 1. The minimum absolute atomic E-state index is 0.00338. The Balaban J connectivity index is 2.01. The molecule has 0 bridgehead atoms. The fourth-order valence-electron chi connectivity index (χ4n) is 2.55. The zero-order valence-corrected chi connectivity index (χ0v) is 12.4. The molecule has 108 valence electrons. The van der Waals surface area contributed by atoms with Crippen LogP contribution in [0.25, 0.3) is 0 Å². The van der Waals surface area contributed by atoms with Gasteiger partial charge in [0.05, 0.1) is 19.4 Å². The van der Waals surface area contributed by atoms with Gasteiger partial charge >= 0.3 is 5.97 Å². The van der Waals surface area contributed by atoms with Crippen molar-refractivity contribution in [3.8, 4) is 0 Å². The van der Waals surface area contributed by atoms with Crippen molar-refractivity contribution in [3.05, 3.63) is 34.9 Å². The van der Waals surface area contributed by atoms with E-state index in [-0.39, 0.29) is 30.1 Å². The molecule has 2 rings (SSSR count). The van der Waals surface area contributed by atoms with Crippen LogP contribution in [0.3, 0.4) is 0 Å². The molecule has 0 radical (unpaired) electrons. The third-order valence-electron chi connectivity index (χ3n) is 3.77. The van der Waals surface area contributed by atoms with Crippen LogP contribution in [0, 0.1) is 11.8 Å². The Morgan fingerprint density at radius 1 is 1.35 bits per heavy atom. The minimum Gasteiger partial charge on any atom is -0.469 e. The molecule has 1 aliphatic rings. The molecule has 2 atom stereocenters. The largest absolute Gasteiger partial charge is 0.469 e. The fourth-order valence-corrected chi connectivity index (χ4v) is 2.75. The molecule has 0 saturated carbocycles. The summed E-state index contributed by atoms with van der Waals surface area (Å²) >= 11 is 6.06. The van der Waals surface area contributed by atoms with E-state index in [0.717, 1.165) is 5.56 Å². The van der Waals surface area contributed by atoms with E-state index in [0.29, 0.717) is 18.1 Å². The lowest BCUT2D eigenvalue weighted by Crippen LogP contribution is -2.31. The Labute approximate surface area is 123 Å². The van der Waals surface area contributed by atoms with Gasteiger partial charge in [-0.3, -0.25) is 9.59 Å². The van der Waals surface area contributed by atoms with Crippen molar-refractivity contribution >= 4 is 23.5 Å². The zero-order valence-electron chi connectivity index (χ0n) is 11.6. The molecule has 1 heterocycles. The normalized spacial score (nSPS) is 21.9. The van der Waals surface area contributed by atoms with Gasteiger partial charge < -0.3 is 9.64 Å².